The highest BCUT2D eigenvalue weighted by molar-refractivity contribution is 6.00. The smallest absolute Gasteiger partial charge is 0.411 e. The molecular weight excluding hydrogens is 442 g/mol. The minimum Gasteiger partial charge on any atom is -0.465 e. The van der Waals surface area contributed by atoms with E-state index in [9.17, 15) is 9.59 Å². The predicted molar refractivity (Wildman–Crippen MR) is 131 cm³/mol. The van der Waals surface area contributed by atoms with Gasteiger partial charge in [-0.15, -0.1) is 0 Å². The van der Waals surface area contributed by atoms with Gasteiger partial charge in [0, 0.05) is 47.0 Å². The second kappa shape index (κ2) is 11.3. The molecule has 4 rings (SSSR count). The number of nitrogens with one attached hydrogen (secondary N) is 1. The van der Waals surface area contributed by atoms with Crippen molar-refractivity contribution in [2.45, 2.75) is 6.61 Å². The maximum Gasteiger partial charge on any atom is 0.411 e. The molecule has 0 bridgehead atoms. The summed E-state index contributed by atoms with van der Waals surface area (Å²) in [5.74, 6) is 5.60. The van der Waals surface area contributed by atoms with Crippen molar-refractivity contribution < 1.29 is 19.1 Å². The molecule has 35 heavy (non-hydrogen) atoms. The van der Waals surface area contributed by atoms with Crippen LogP contribution in [-0.4, -0.2) is 29.1 Å². The SMILES string of the molecule is COC(=O)c1ccncc1-c1ccc(C#Cc2cccnc2)cc1NC(=O)OCc1ccccc1. The zero-order valence-electron chi connectivity index (χ0n) is 18.9. The van der Waals surface area contributed by atoms with Crippen molar-refractivity contribution in [3.05, 3.63) is 114 Å². The van der Waals surface area contributed by atoms with Crippen molar-refractivity contribution >= 4 is 17.7 Å². The van der Waals surface area contributed by atoms with Gasteiger partial charge >= 0.3 is 12.1 Å². The van der Waals surface area contributed by atoms with E-state index in [0.29, 0.717) is 27.9 Å². The molecule has 2 aromatic heterocycles. The maximum absolute atomic E-state index is 12.7. The maximum atomic E-state index is 12.7. The van der Waals surface area contributed by atoms with Gasteiger partial charge in [0.15, 0.2) is 0 Å². The molecule has 0 saturated carbocycles. The van der Waals surface area contributed by atoms with Gasteiger partial charge in [-0.2, -0.15) is 0 Å². The van der Waals surface area contributed by atoms with Gasteiger partial charge in [-0.3, -0.25) is 15.3 Å². The highest BCUT2D eigenvalue weighted by atomic mass is 16.5. The third-order valence-corrected chi connectivity index (χ3v) is 5.00. The van der Waals surface area contributed by atoms with Gasteiger partial charge in [0.2, 0.25) is 0 Å². The average Bonchev–Trinajstić information content (AvgIpc) is 2.91. The fourth-order valence-electron chi connectivity index (χ4n) is 3.31. The number of amides is 1. The average molecular weight is 463 g/mol. The summed E-state index contributed by atoms with van der Waals surface area (Å²) in [6.45, 7) is 0.114. The molecule has 2 aromatic carbocycles. The van der Waals surface area contributed by atoms with E-state index in [1.165, 1.54) is 13.3 Å². The summed E-state index contributed by atoms with van der Waals surface area (Å²) in [5.41, 5.74) is 4.08. The molecule has 0 unspecified atom stereocenters. The number of carbonyl (C=O) groups excluding carboxylic acids is 2. The van der Waals surface area contributed by atoms with Crippen LogP contribution < -0.4 is 5.32 Å². The number of nitrogens with zero attached hydrogens (tertiary/aromatic N) is 2. The molecule has 0 fully saturated rings. The van der Waals surface area contributed by atoms with Crippen molar-refractivity contribution in [3.8, 4) is 23.0 Å². The standard InChI is InChI=1S/C28H21N3O4/c1-34-27(32)24-13-15-30-18-25(24)23-12-11-20(9-10-21-8-5-14-29-17-21)16-26(23)31-28(33)35-19-22-6-3-2-4-7-22/h2-8,11-18H,19H2,1H3,(H,31,33). The van der Waals surface area contributed by atoms with Gasteiger partial charge in [0.25, 0.3) is 0 Å². The Morgan fingerprint density at radius 3 is 2.43 bits per heavy atom. The monoisotopic (exact) mass is 463 g/mol. The molecule has 0 aliphatic carbocycles. The largest absolute Gasteiger partial charge is 0.465 e. The Morgan fingerprint density at radius 2 is 1.66 bits per heavy atom. The molecule has 0 atom stereocenters. The number of benzene rings is 2. The Bertz CT molecular complexity index is 1390. The van der Waals surface area contributed by atoms with Crippen LogP contribution in [0.15, 0.2) is 91.5 Å². The summed E-state index contributed by atoms with van der Waals surface area (Å²) < 4.78 is 10.3. The Hall–Kier alpha value is -4.96. The molecule has 2 heterocycles. The summed E-state index contributed by atoms with van der Waals surface area (Å²) in [6.07, 6.45) is 5.75. The summed E-state index contributed by atoms with van der Waals surface area (Å²) >= 11 is 0. The number of carbonyl (C=O) groups is 2. The van der Waals surface area contributed by atoms with E-state index in [-0.39, 0.29) is 6.61 Å². The molecular formula is C28H21N3O4. The Labute approximate surface area is 202 Å². The van der Waals surface area contributed by atoms with Crippen LogP contribution >= 0.6 is 0 Å². The molecule has 0 saturated heterocycles. The normalized spacial score (nSPS) is 9.97. The van der Waals surface area contributed by atoms with E-state index in [0.717, 1.165) is 11.1 Å². The minimum absolute atomic E-state index is 0.114. The first-order valence-corrected chi connectivity index (χ1v) is 10.7. The highest BCUT2D eigenvalue weighted by Gasteiger charge is 2.18. The van der Waals surface area contributed by atoms with E-state index in [1.54, 1.807) is 48.9 Å². The van der Waals surface area contributed by atoms with E-state index < -0.39 is 12.1 Å². The molecule has 0 aliphatic heterocycles. The summed E-state index contributed by atoms with van der Waals surface area (Å²) in [5, 5.41) is 2.78. The van der Waals surface area contributed by atoms with Crippen LogP contribution in [0.3, 0.4) is 0 Å². The molecule has 7 nitrogen and oxygen atoms in total. The van der Waals surface area contributed by atoms with Crippen LogP contribution in [0.1, 0.15) is 27.0 Å². The number of rotatable bonds is 5. The van der Waals surface area contributed by atoms with Crippen LogP contribution in [0.5, 0.6) is 0 Å². The van der Waals surface area contributed by atoms with E-state index in [1.807, 2.05) is 36.4 Å². The van der Waals surface area contributed by atoms with Crippen LogP contribution in [0, 0.1) is 11.8 Å². The molecule has 0 spiro atoms. The zero-order valence-corrected chi connectivity index (χ0v) is 18.9. The second-order valence-electron chi connectivity index (χ2n) is 7.35. The third-order valence-electron chi connectivity index (χ3n) is 5.00. The molecule has 7 heteroatoms. The number of methoxy groups -OCH3 is 1. The van der Waals surface area contributed by atoms with Crippen molar-refractivity contribution in [3.63, 3.8) is 0 Å². The lowest BCUT2D eigenvalue weighted by Gasteiger charge is -2.14. The lowest BCUT2D eigenvalue weighted by atomic mass is 9.98. The lowest BCUT2D eigenvalue weighted by Crippen LogP contribution is -2.15. The topological polar surface area (TPSA) is 90.4 Å². The summed E-state index contributed by atoms with van der Waals surface area (Å²) in [6, 6.07) is 19.9. The zero-order chi connectivity index (χ0) is 24.5. The van der Waals surface area contributed by atoms with Gasteiger partial charge in [0.1, 0.15) is 6.61 Å². The molecule has 0 aliphatic rings. The van der Waals surface area contributed by atoms with Crippen molar-refractivity contribution in [2.24, 2.45) is 0 Å². The molecule has 172 valence electrons. The molecule has 1 N–H and O–H groups in total. The van der Waals surface area contributed by atoms with Crippen LogP contribution in [0.4, 0.5) is 10.5 Å². The second-order valence-corrected chi connectivity index (χ2v) is 7.35. The number of hydrogen-bond donors (Lipinski definition) is 1. The van der Waals surface area contributed by atoms with Crippen LogP contribution in [-0.2, 0) is 16.1 Å². The highest BCUT2D eigenvalue weighted by Crippen LogP contribution is 2.32. The van der Waals surface area contributed by atoms with Crippen LogP contribution in [0.2, 0.25) is 0 Å². The lowest BCUT2D eigenvalue weighted by molar-refractivity contribution is 0.0601. The summed E-state index contributed by atoms with van der Waals surface area (Å²) in [7, 11) is 1.31. The van der Waals surface area contributed by atoms with Crippen LogP contribution in [0.25, 0.3) is 11.1 Å². The Kier molecular flexibility index (Phi) is 7.46. The van der Waals surface area contributed by atoms with Gasteiger partial charge in [0.05, 0.1) is 18.4 Å². The number of aromatic nitrogens is 2. The Balaban J connectivity index is 1.67. The van der Waals surface area contributed by atoms with Crippen molar-refractivity contribution in [1.82, 2.24) is 9.97 Å². The first-order chi connectivity index (χ1) is 17.1. The van der Waals surface area contributed by atoms with E-state index >= 15 is 0 Å². The number of esters is 1. The molecule has 0 radical (unpaired) electrons. The fraction of sp³-hybridized carbons (Fsp3) is 0.0714. The fourth-order valence-corrected chi connectivity index (χ4v) is 3.31. The van der Waals surface area contributed by atoms with Gasteiger partial charge in [-0.05, 0) is 35.9 Å². The summed E-state index contributed by atoms with van der Waals surface area (Å²) in [4.78, 5) is 33.2. The van der Waals surface area contributed by atoms with E-state index in [2.05, 4.69) is 27.1 Å². The molecule has 1 amide bonds. The van der Waals surface area contributed by atoms with Gasteiger partial charge in [-0.25, -0.2) is 9.59 Å². The minimum atomic E-state index is -0.643. The third kappa shape index (κ3) is 6.09. The first-order valence-electron chi connectivity index (χ1n) is 10.7. The number of ether oxygens (including phenoxy) is 2. The molecule has 4 aromatic rings. The number of hydrogen-bond acceptors (Lipinski definition) is 6. The van der Waals surface area contributed by atoms with E-state index in [4.69, 9.17) is 9.47 Å². The van der Waals surface area contributed by atoms with Gasteiger partial charge in [-0.1, -0.05) is 48.2 Å². The quantitative estimate of drug-likeness (QED) is 0.328. The van der Waals surface area contributed by atoms with Crippen molar-refractivity contribution in [1.29, 1.82) is 0 Å². The number of anilines is 1. The Morgan fingerprint density at radius 1 is 0.857 bits per heavy atom. The van der Waals surface area contributed by atoms with Gasteiger partial charge < -0.3 is 9.47 Å². The predicted octanol–water partition coefficient (Wildman–Crippen LogP) is 5.08. The first kappa shape index (κ1) is 23.2. The number of pyridine rings is 2. The van der Waals surface area contributed by atoms with Crippen molar-refractivity contribution in [2.75, 3.05) is 12.4 Å².